The molecule has 5 aliphatic rings. The summed E-state index contributed by atoms with van der Waals surface area (Å²) in [7, 11) is 0. The van der Waals surface area contributed by atoms with Crippen molar-refractivity contribution in [2.45, 2.75) is 134 Å². The van der Waals surface area contributed by atoms with Gasteiger partial charge >= 0.3 is 12.1 Å². The highest BCUT2D eigenvalue weighted by atomic mass is 16.6. The van der Waals surface area contributed by atoms with Crippen molar-refractivity contribution < 1.29 is 29.0 Å². The second kappa shape index (κ2) is 12.4. The van der Waals surface area contributed by atoms with Gasteiger partial charge in [-0.2, -0.15) is 5.12 Å². The average Bonchev–Trinajstić information content (AvgIpc) is 3.23. The van der Waals surface area contributed by atoms with E-state index in [4.69, 9.17) is 4.74 Å². The van der Waals surface area contributed by atoms with Gasteiger partial charge in [-0.3, -0.25) is 9.59 Å². The number of hydrogen-bond acceptors (Lipinski definition) is 8. The van der Waals surface area contributed by atoms with E-state index in [9.17, 15) is 24.3 Å². The number of alkyl carbamates (subject to hydrolysis) is 1. The first kappa shape index (κ1) is 31.7. The Morgan fingerprint density at radius 3 is 2.35 bits per heavy atom. The number of carboxylic acid groups (broad SMARTS) is 1. The summed E-state index contributed by atoms with van der Waals surface area (Å²) in [5.41, 5.74) is 5.10. The smallest absolute Gasteiger partial charge is 0.408 e. The SMILES string of the molecule is CC1CC2NN([C@H]3C[C@H]4C(=O)N[C@@]5(C(=O)O)C[C@H]5/C=C\CCCCC[C@@H](NC(=O)OC(C)(C)C)C(=O)N4C3)NC2CC1C. The third-order valence-electron chi connectivity index (χ3n) is 10.0. The summed E-state index contributed by atoms with van der Waals surface area (Å²) in [5.74, 6) is -0.983. The molecule has 0 bridgehead atoms. The molecule has 2 aliphatic carbocycles. The Balaban J connectivity index is 1.39. The first-order valence-corrected chi connectivity index (χ1v) is 16.1. The Kier molecular flexibility index (Phi) is 9.12. The Morgan fingerprint density at radius 1 is 1.05 bits per heavy atom. The van der Waals surface area contributed by atoms with Gasteiger partial charge in [0.25, 0.3) is 0 Å². The number of rotatable bonds is 3. The summed E-state index contributed by atoms with van der Waals surface area (Å²) in [5, 5.41) is 17.7. The highest BCUT2D eigenvalue weighted by molar-refractivity contribution is 5.96. The van der Waals surface area contributed by atoms with Crippen LogP contribution in [-0.2, 0) is 19.1 Å². The van der Waals surface area contributed by atoms with Crippen molar-refractivity contribution in [3.05, 3.63) is 12.2 Å². The number of carbonyl (C=O) groups is 4. The maximum atomic E-state index is 14.2. The third-order valence-corrected chi connectivity index (χ3v) is 10.0. The summed E-state index contributed by atoms with van der Waals surface area (Å²) in [6.07, 6.45) is 9.59. The van der Waals surface area contributed by atoms with Gasteiger partial charge in [0.15, 0.2) is 0 Å². The first-order chi connectivity index (χ1) is 20.3. The molecule has 2 saturated heterocycles. The number of carboxylic acids is 1. The standard InChI is InChI=1S/C31H50N6O6/c1-18-13-23-24(14-19(18)2)35-37(34-23)21-15-25-26(38)33-31(28(40)41)16-20(31)11-9-7-6-8-10-12-22(27(39)36(25)17-21)32-29(42)43-30(3,4)5/h9,11,18-25,34-35H,6-8,10,12-17H2,1-5H3,(H,32,42)(H,33,38)(H,40,41)/b11-9-/t18?,19?,20-,21+,22-,23?,24?,25+,31+/m1/s1. The largest absolute Gasteiger partial charge is 0.479 e. The lowest BCUT2D eigenvalue weighted by Gasteiger charge is -2.33. The van der Waals surface area contributed by atoms with Gasteiger partial charge in [-0.05, 0) is 77.6 Å². The summed E-state index contributed by atoms with van der Waals surface area (Å²) in [6.45, 7) is 10.1. The van der Waals surface area contributed by atoms with Crippen molar-refractivity contribution in [3.63, 3.8) is 0 Å². The number of allylic oxidation sites excluding steroid dienone is 1. The van der Waals surface area contributed by atoms with E-state index in [2.05, 4.69) is 35.3 Å². The summed E-state index contributed by atoms with van der Waals surface area (Å²) in [4.78, 5) is 54.8. The van der Waals surface area contributed by atoms with Crippen molar-refractivity contribution in [3.8, 4) is 0 Å². The van der Waals surface area contributed by atoms with Crippen LogP contribution in [0.15, 0.2) is 12.2 Å². The number of ether oxygens (including phenoxy) is 1. The lowest BCUT2D eigenvalue weighted by Crippen LogP contribution is -2.56. The van der Waals surface area contributed by atoms with E-state index in [-0.39, 0.29) is 36.5 Å². The van der Waals surface area contributed by atoms with Crippen LogP contribution in [0, 0.1) is 17.8 Å². The highest BCUT2D eigenvalue weighted by Gasteiger charge is 2.61. The van der Waals surface area contributed by atoms with Crippen molar-refractivity contribution >= 4 is 23.9 Å². The number of hydrazine groups is 2. The molecule has 5 N–H and O–H groups in total. The highest BCUT2D eigenvalue weighted by Crippen LogP contribution is 2.45. The van der Waals surface area contributed by atoms with E-state index in [1.165, 1.54) is 0 Å². The Hall–Kier alpha value is -2.70. The van der Waals surface area contributed by atoms with E-state index in [0.29, 0.717) is 37.5 Å². The molecule has 0 aromatic heterocycles. The van der Waals surface area contributed by atoms with Crippen LogP contribution in [0.25, 0.3) is 0 Å². The van der Waals surface area contributed by atoms with Crippen LogP contribution in [0.3, 0.4) is 0 Å². The van der Waals surface area contributed by atoms with Gasteiger partial charge in [0.1, 0.15) is 23.2 Å². The molecule has 3 aliphatic heterocycles. The quantitative estimate of drug-likeness (QED) is 0.307. The molecule has 12 nitrogen and oxygen atoms in total. The maximum Gasteiger partial charge on any atom is 0.408 e. The van der Waals surface area contributed by atoms with E-state index >= 15 is 0 Å². The summed E-state index contributed by atoms with van der Waals surface area (Å²) < 4.78 is 5.48. The lowest BCUT2D eigenvalue weighted by molar-refractivity contribution is -0.145. The molecule has 3 heterocycles. The molecule has 240 valence electrons. The maximum absolute atomic E-state index is 14.2. The number of nitrogens with zero attached hydrogens (tertiary/aromatic N) is 2. The van der Waals surface area contributed by atoms with Gasteiger partial charge in [-0.25, -0.2) is 20.4 Å². The zero-order valence-electron chi connectivity index (χ0n) is 26.2. The first-order valence-electron chi connectivity index (χ1n) is 16.1. The van der Waals surface area contributed by atoms with Gasteiger partial charge in [0.05, 0.1) is 6.04 Å². The fourth-order valence-electron chi connectivity index (χ4n) is 7.20. The zero-order valence-corrected chi connectivity index (χ0v) is 26.2. The molecule has 9 atom stereocenters. The minimum atomic E-state index is -1.36. The van der Waals surface area contributed by atoms with E-state index in [1.807, 2.05) is 17.3 Å². The van der Waals surface area contributed by atoms with Crippen LogP contribution in [0.5, 0.6) is 0 Å². The topological polar surface area (TPSA) is 152 Å². The van der Waals surface area contributed by atoms with Crippen LogP contribution >= 0.6 is 0 Å². The predicted molar refractivity (Wildman–Crippen MR) is 159 cm³/mol. The molecule has 12 heteroatoms. The predicted octanol–water partition coefficient (Wildman–Crippen LogP) is 2.46. The van der Waals surface area contributed by atoms with Crippen LogP contribution in [0.2, 0.25) is 0 Å². The number of amides is 3. The zero-order chi connectivity index (χ0) is 31.1. The molecular formula is C31H50N6O6. The van der Waals surface area contributed by atoms with Crippen molar-refractivity contribution in [1.82, 2.24) is 31.5 Å². The molecule has 5 rings (SSSR count). The van der Waals surface area contributed by atoms with E-state index in [0.717, 1.165) is 32.1 Å². The monoisotopic (exact) mass is 602 g/mol. The summed E-state index contributed by atoms with van der Waals surface area (Å²) >= 11 is 0. The van der Waals surface area contributed by atoms with Gasteiger partial charge in [0, 0.05) is 24.5 Å². The second-order valence-electron chi connectivity index (χ2n) is 14.5. The van der Waals surface area contributed by atoms with Crippen molar-refractivity contribution in [2.24, 2.45) is 17.8 Å². The lowest BCUT2D eigenvalue weighted by atomic mass is 9.77. The van der Waals surface area contributed by atoms with Gasteiger partial charge < -0.3 is 25.4 Å². The molecule has 4 fully saturated rings. The molecule has 43 heavy (non-hydrogen) atoms. The number of aliphatic carboxylic acids is 1. The minimum absolute atomic E-state index is 0.215. The average molecular weight is 603 g/mol. The normalized spacial score (nSPS) is 39.8. The van der Waals surface area contributed by atoms with Crippen molar-refractivity contribution in [1.29, 1.82) is 0 Å². The van der Waals surface area contributed by atoms with Gasteiger partial charge in [-0.15, -0.1) is 0 Å². The Labute approximate surface area is 254 Å². The minimum Gasteiger partial charge on any atom is -0.479 e. The molecule has 0 radical (unpaired) electrons. The number of nitrogens with one attached hydrogen (secondary N) is 4. The molecule has 2 saturated carbocycles. The summed E-state index contributed by atoms with van der Waals surface area (Å²) in [6, 6.07) is -1.42. The van der Waals surface area contributed by atoms with E-state index in [1.54, 1.807) is 25.7 Å². The fourth-order valence-corrected chi connectivity index (χ4v) is 7.20. The van der Waals surface area contributed by atoms with Crippen LogP contribution < -0.4 is 21.5 Å². The molecule has 0 aromatic rings. The second-order valence-corrected chi connectivity index (χ2v) is 14.5. The molecule has 3 amide bonds. The fraction of sp³-hybridized carbons (Fsp3) is 0.806. The third kappa shape index (κ3) is 7.01. The number of carbonyl (C=O) groups excluding carboxylic acids is 3. The molecule has 4 unspecified atom stereocenters. The van der Waals surface area contributed by atoms with Crippen molar-refractivity contribution in [2.75, 3.05) is 6.54 Å². The van der Waals surface area contributed by atoms with Gasteiger partial charge in [-0.1, -0.05) is 38.8 Å². The number of hydrogen-bond donors (Lipinski definition) is 5. The van der Waals surface area contributed by atoms with Crippen LogP contribution in [0.4, 0.5) is 4.79 Å². The van der Waals surface area contributed by atoms with E-state index < -0.39 is 41.2 Å². The van der Waals surface area contributed by atoms with Gasteiger partial charge in [0.2, 0.25) is 11.8 Å². The Morgan fingerprint density at radius 2 is 1.72 bits per heavy atom. The molecule has 0 spiro atoms. The molecule has 0 aromatic carbocycles. The van der Waals surface area contributed by atoms with Crippen LogP contribution in [-0.4, -0.2) is 86.9 Å². The van der Waals surface area contributed by atoms with Crippen LogP contribution in [0.1, 0.15) is 92.4 Å². The Bertz CT molecular complexity index is 1110. The molecular weight excluding hydrogens is 552 g/mol. The number of fused-ring (bicyclic) bond motifs is 3.